The molecule has 2 rings (SSSR count). The number of hydrogen-bond donors (Lipinski definition) is 2. The largest absolute Gasteiger partial charge is 0.480 e. The van der Waals surface area contributed by atoms with Crippen LogP contribution in [-0.4, -0.2) is 47.2 Å². The number of hydrogen-bond acceptors (Lipinski definition) is 3. The number of carboxylic acid groups (broad SMARTS) is 1. The first kappa shape index (κ1) is 9.93. The Morgan fingerprint density at radius 1 is 1.50 bits per heavy atom. The highest BCUT2D eigenvalue weighted by Crippen LogP contribution is 2.28. The zero-order valence-electron chi connectivity index (χ0n) is 8.57. The molecule has 3 atom stereocenters. The lowest BCUT2D eigenvalue weighted by Gasteiger charge is -2.23. The summed E-state index contributed by atoms with van der Waals surface area (Å²) in [5, 5.41) is 12.0. The van der Waals surface area contributed by atoms with Gasteiger partial charge in [0.25, 0.3) is 0 Å². The van der Waals surface area contributed by atoms with Gasteiger partial charge in [-0.05, 0) is 32.7 Å². The maximum atomic E-state index is 10.7. The number of aliphatic carboxylic acids is 1. The molecule has 2 N–H and O–H groups in total. The predicted octanol–water partition coefficient (Wildman–Crippen LogP) is 0.286. The standard InChI is InChI=1S/C10H18N2O2/c1-7(10(13)14)11-8-4-6-12-5-2-3-9(8)12/h7-9,11H,2-6H2,1H3,(H,13,14). The van der Waals surface area contributed by atoms with Crippen molar-refractivity contribution < 1.29 is 9.90 Å². The first-order chi connectivity index (χ1) is 6.68. The van der Waals surface area contributed by atoms with Gasteiger partial charge in [0.05, 0.1) is 0 Å². The molecule has 2 heterocycles. The van der Waals surface area contributed by atoms with Crippen molar-refractivity contribution >= 4 is 5.97 Å². The van der Waals surface area contributed by atoms with E-state index in [0.717, 1.165) is 13.0 Å². The fourth-order valence-corrected chi connectivity index (χ4v) is 2.67. The highest BCUT2D eigenvalue weighted by Gasteiger charge is 2.37. The van der Waals surface area contributed by atoms with Crippen LogP contribution in [0.3, 0.4) is 0 Å². The van der Waals surface area contributed by atoms with Crippen LogP contribution in [-0.2, 0) is 4.79 Å². The lowest BCUT2D eigenvalue weighted by Crippen LogP contribution is -2.46. The van der Waals surface area contributed by atoms with Gasteiger partial charge in [0.1, 0.15) is 6.04 Å². The van der Waals surface area contributed by atoms with E-state index in [2.05, 4.69) is 10.2 Å². The molecule has 2 fully saturated rings. The van der Waals surface area contributed by atoms with Crippen LogP contribution in [0.4, 0.5) is 0 Å². The fourth-order valence-electron chi connectivity index (χ4n) is 2.67. The second kappa shape index (κ2) is 3.87. The maximum absolute atomic E-state index is 10.7. The number of rotatable bonds is 3. The van der Waals surface area contributed by atoms with E-state index in [9.17, 15) is 4.79 Å². The van der Waals surface area contributed by atoms with Gasteiger partial charge in [-0.1, -0.05) is 0 Å². The Bertz CT molecular complexity index is 232. The van der Waals surface area contributed by atoms with Gasteiger partial charge in [-0.15, -0.1) is 0 Å². The summed E-state index contributed by atoms with van der Waals surface area (Å²) in [6, 6.07) is 0.570. The van der Waals surface area contributed by atoms with Crippen molar-refractivity contribution in [1.82, 2.24) is 10.2 Å². The lowest BCUT2D eigenvalue weighted by molar-refractivity contribution is -0.139. The summed E-state index contributed by atoms with van der Waals surface area (Å²) in [4.78, 5) is 13.2. The van der Waals surface area contributed by atoms with Crippen LogP contribution < -0.4 is 5.32 Å². The summed E-state index contributed by atoms with van der Waals surface area (Å²) in [5.41, 5.74) is 0. The van der Waals surface area contributed by atoms with Gasteiger partial charge in [0.2, 0.25) is 0 Å². The first-order valence-electron chi connectivity index (χ1n) is 5.41. The molecule has 4 nitrogen and oxygen atoms in total. The summed E-state index contributed by atoms with van der Waals surface area (Å²) in [7, 11) is 0. The number of carboxylic acids is 1. The molecule has 0 aromatic rings. The minimum absolute atomic E-state index is 0.392. The van der Waals surface area contributed by atoms with Crippen molar-refractivity contribution in [2.45, 2.75) is 44.3 Å². The number of carbonyl (C=O) groups is 1. The predicted molar refractivity (Wildman–Crippen MR) is 53.2 cm³/mol. The van der Waals surface area contributed by atoms with E-state index in [1.807, 2.05) is 0 Å². The van der Waals surface area contributed by atoms with E-state index in [1.165, 1.54) is 19.4 Å². The SMILES string of the molecule is CC(NC1CCN2CCCC12)C(=O)O. The summed E-state index contributed by atoms with van der Waals surface area (Å²) >= 11 is 0. The Kier molecular flexibility index (Phi) is 2.74. The minimum Gasteiger partial charge on any atom is -0.480 e. The van der Waals surface area contributed by atoms with Crippen LogP contribution in [0.25, 0.3) is 0 Å². The maximum Gasteiger partial charge on any atom is 0.320 e. The van der Waals surface area contributed by atoms with Crippen LogP contribution in [0.5, 0.6) is 0 Å². The van der Waals surface area contributed by atoms with Crippen molar-refractivity contribution in [3.63, 3.8) is 0 Å². The van der Waals surface area contributed by atoms with E-state index < -0.39 is 12.0 Å². The van der Waals surface area contributed by atoms with Gasteiger partial charge < -0.3 is 10.4 Å². The molecule has 14 heavy (non-hydrogen) atoms. The Balaban J connectivity index is 1.89. The van der Waals surface area contributed by atoms with E-state index >= 15 is 0 Å². The van der Waals surface area contributed by atoms with Crippen molar-refractivity contribution in [1.29, 1.82) is 0 Å². The second-order valence-electron chi connectivity index (χ2n) is 4.37. The highest BCUT2D eigenvalue weighted by molar-refractivity contribution is 5.72. The van der Waals surface area contributed by atoms with E-state index in [1.54, 1.807) is 6.92 Å². The van der Waals surface area contributed by atoms with Crippen LogP contribution >= 0.6 is 0 Å². The summed E-state index contributed by atoms with van der Waals surface area (Å²) in [6.07, 6.45) is 3.59. The highest BCUT2D eigenvalue weighted by atomic mass is 16.4. The fraction of sp³-hybridized carbons (Fsp3) is 0.900. The molecule has 0 aromatic carbocycles. The first-order valence-corrected chi connectivity index (χ1v) is 5.41. The lowest BCUT2D eigenvalue weighted by atomic mass is 10.1. The molecule has 0 amide bonds. The smallest absolute Gasteiger partial charge is 0.320 e. The summed E-state index contributed by atoms with van der Waals surface area (Å²) in [6.45, 7) is 4.05. The summed E-state index contributed by atoms with van der Waals surface area (Å²) < 4.78 is 0. The van der Waals surface area contributed by atoms with E-state index in [0.29, 0.717) is 12.1 Å². The molecule has 0 spiro atoms. The molecule has 0 bridgehead atoms. The average Bonchev–Trinajstić information content (AvgIpc) is 2.69. The molecule has 0 aromatic heterocycles. The third-order valence-corrected chi connectivity index (χ3v) is 3.44. The van der Waals surface area contributed by atoms with Gasteiger partial charge in [0.15, 0.2) is 0 Å². The molecule has 2 aliphatic heterocycles. The van der Waals surface area contributed by atoms with E-state index in [4.69, 9.17) is 5.11 Å². The van der Waals surface area contributed by atoms with Crippen molar-refractivity contribution in [2.75, 3.05) is 13.1 Å². The molecule has 0 aliphatic carbocycles. The van der Waals surface area contributed by atoms with Crippen LogP contribution in [0.1, 0.15) is 26.2 Å². The summed E-state index contributed by atoms with van der Waals surface area (Å²) in [5.74, 6) is -0.749. The van der Waals surface area contributed by atoms with Gasteiger partial charge >= 0.3 is 5.97 Å². The number of fused-ring (bicyclic) bond motifs is 1. The van der Waals surface area contributed by atoms with Gasteiger partial charge in [-0.2, -0.15) is 0 Å². The Hall–Kier alpha value is -0.610. The van der Waals surface area contributed by atoms with Gasteiger partial charge in [-0.3, -0.25) is 9.69 Å². The van der Waals surface area contributed by atoms with Crippen LogP contribution in [0, 0.1) is 0 Å². The molecule has 2 aliphatic rings. The monoisotopic (exact) mass is 198 g/mol. The third kappa shape index (κ3) is 1.77. The number of nitrogens with one attached hydrogen (secondary N) is 1. The molecule has 3 unspecified atom stereocenters. The Morgan fingerprint density at radius 3 is 3.00 bits per heavy atom. The van der Waals surface area contributed by atoms with Crippen molar-refractivity contribution in [3.8, 4) is 0 Å². The molecule has 80 valence electrons. The van der Waals surface area contributed by atoms with Crippen molar-refractivity contribution in [3.05, 3.63) is 0 Å². The zero-order chi connectivity index (χ0) is 10.1. The minimum atomic E-state index is -0.749. The molecule has 0 radical (unpaired) electrons. The molecular formula is C10H18N2O2. The van der Waals surface area contributed by atoms with Crippen LogP contribution in [0.2, 0.25) is 0 Å². The topological polar surface area (TPSA) is 52.6 Å². The van der Waals surface area contributed by atoms with Crippen molar-refractivity contribution in [2.24, 2.45) is 0 Å². The van der Waals surface area contributed by atoms with Crippen LogP contribution in [0.15, 0.2) is 0 Å². The Labute approximate surface area is 84.3 Å². The molecule has 2 saturated heterocycles. The average molecular weight is 198 g/mol. The molecule has 0 saturated carbocycles. The van der Waals surface area contributed by atoms with E-state index in [-0.39, 0.29) is 0 Å². The number of nitrogens with zero attached hydrogens (tertiary/aromatic N) is 1. The van der Waals surface area contributed by atoms with Gasteiger partial charge in [0, 0.05) is 18.6 Å². The quantitative estimate of drug-likeness (QED) is 0.684. The zero-order valence-corrected chi connectivity index (χ0v) is 8.57. The normalized spacial score (nSPS) is 34.4. The third-order valence-electron chi connectivity index (χ3n) is 3.44. The molecule has 4 heteroatoms. The second-order valence-corrected chi connectivity index (χ2v) is 4.37. The molecular weight excluding hydrogens is 180 g/mol. The van der Waals surface area contributed by atoms with Gasteiger partial charge in [-0.25, -0.2) is 0 Å². The Morgan fingerprint density at radius 2 is 2.29 bits per heavy atom.